The van der Waals surface area contributed by atoms with Crippen molar-refractivity contribution in [3.63, 3.8) is 0 Å². The van der Waals surface area contributed by atoms with Crippen LogP contribution in [0.4, 0.5) is 0 Å². The van der Waals surface area contributed by atoms with Crippen LogP contribution in [0.1, 0.15) is 45.1 Å². The second-order valence-electron chi connectivity index (χ2n) is 5.71. The number of piperidine rings is 1. The summed E-state index contributed by atoms with van der Waals surface area (Å²) >= 11 is 0. The third-order valence-electron chi connectivity index (χ3n) is 4.21. The SMILES string of the molecule is CCC(C)N(Cc1ccccc1)C(=O)[C@@H]1CCCCN1. The minimum Gasteiger partial charge on any atom is -0.334 e. The van der Waals surface area contributed by atoms with Crippen molar-refractivity contribution in [3.8, 4) is 0 Å². The molecule has 1 fully saturated rings. The minimum absolute atomic E-state index is 0.0152. The molecule has 1 heterocycles. The zero-order chi connectivity index (χ0) is 14.4. The highest BCUT2D eigenvalue weighted by Crippen LogP contribution is 2.16. The summed E-state index contributed by atoms with van der Waals surface area (Å²) < 4.78 is 0. The Kier molecular flexibility index (Phi) is 5.60. The summed E-state index contributed by atoms with van der Waals surface area (Å²) in [6.07, 6.45) is 4.31. The fourth-order valence-electron chi connectivity index (χ4n) is 2.71. The summed E-state index contributed by atoms with van der Waals surface area (Å²) in [4.78, 5) is 14.8. The molecule has 1 N–H and O–H groups in total. The summed E-state index contributed by atoms with van der Waals surface area (Å²) in [6.45, 7) is 5.97. The number of amides is 1. The van der Waals surface area contributed by atoms with Crippen molar-refractivity contribution in [1.82, 2.24) is 10.2 Å². The fourth-order valence-corrected chi connectivity index (χ4v) is 2.71. The average molecular weight is 274 g/mol. The predicted molar refractivity (Wildman–Crippen MR) is 82.4 cm³/mol. The summed E-state index contributed by atoms with van der Waals surface area (Å²) in [5, 5.41) is 3.37. The lowest BCUT2D eigenvalue weighted by molar-refractivity contribution is -0.136. The molecule has 2 rings (SSSR count). The van der Waals surface area contributed by atoms with Gasteiger partial charge in [0.05, 0.1) is 6.04 Å². The van der Waals surface area contributed by atoms with Crippen molar-refractivity contribution in [3.05, 3.63) is 35.9 Å². The molecule has 1 aliphatic rings. The Morgan fingerprint density at radius 1 is 1.35 bits per heavy atom. The second-order valence-corrected chi connectivity index (χ2v) is 5.71. The Hall–Kier alpha value is -1.35. The van der Waals surface area contributed by atoms with Crippen LogP contribution in [0.5, 0.6) is 0 Å². The molecule has 1 aromatic rings. The molecular formula is C17H26N2O. The van der Waals surface area contributed by atoms with E-state index in [4.69, 9.17) is 0 Å². The summed E-state index contributed by atoms with van der Waals surface area (Å²) in [6, 6.07) is 10.6. The summed E-state index contributed by atoms with van der Waals surface area (Å²) in [5.41, 5.74) is 1.21. The van der Waals surface area contributed by atoms with E-state index < -0.39 is 0 Å². The Morgan fingerprint density at radius 2 is 2.10 bits per heavy atom. The van der Waals surface area contributed by atoms with Crippen LogP contribution in [0.25, 0.3) is 0 Å². The van der Waals surface area contributed by atoms with Gasteiger partial charge in [-0.05, 0) is 38.3 Å². The number of hydrogen-bond acceptors (Lipinski definition) is 2. The van der Waals surface area contributed by atoms with Crippen LogP contribution in [-0.2, 0) is 11.3 Å². The van der Waals surface area contributed by atoms with Gasteiger partial charge in [0.25, 0.3) is 0 Å². The van der Waals surface area contributed by atoms with Gasteiger partial charge in [0.15, 0.2) is 0 Å². The highest BCUT2D eigenvalue weighted by atomic mass is 16.2. The van der Waals surface area contributed by atoms with Gasteiger partial charge in [-0.2, -0.15) is 0 Å². The molecule has 0 spiro atoms. The van der Waals surface area contributed by atoms with Gasteiger partial charge in [-0.15, -0.1) is 0 Å². The smallest absolute Gasteiger partial charge is 0.240 e. The van der Waals surface area contributed by atoms with Crippen LogP contribution < -0.4 is 5.32 Å². The Labute approximate surface area is 122 Å². The van der Waals surface area contributed by atoms with Crippen molar-refractivity contribution in [2.75, 3.05) is 6.54 Å². The van der Waals surface area contributed by atoms with E-state index >= 15 is 0 Å². The first kappa shape index (κ1) is 15.0. The monoisotopic (exact) mass is 274 g/mol. The van der Waals surface area contributed by atoms with Crippen molar-refractivity contribution in [2.45, 2.75) is 58.2 Å². The lowest BCUT2D eigenvalue weighted by atomic mass is 10.0. The van der Waals surface area contributed by atoms with E-state index in [1.807, 2.05) is 23.1 Å². The number of rotatable bonds is 5. The Bertz CT molecular complexity index is 412. The van der Waals surface area contributed by atoms with Gasteiger partial charge in [0.1, 0.15) is 0 Å². The van der Waals surface area contributed by atoms with Crippen LogP contribution in [0.2, 0.25) is 0 Å². The van der Waals surface area contributed by atoms with E-state index in [0.717, 1.165) is 25.8 Å². The van der Waals surface area contributed by atoms with Crippen LogP contribution in [-0.4, -0.2) is 29.4 Å². The van der Waals surface area contributed by atoms with Crippen LogP contribution >= 0.6 is 0 Å². The summed E-state index contributed by atoms with van der Waals surface area (Å²) in [7, 11) is 0. The molecule has 0 radical (unpaired) electrons. The van der Waals surface area contributed by atoms with E-state index in [1.165, 1.54) is 12.0 Å². The second kappa shape index (κ2) is 7.44. The molecule has 1 aliphatic heterocycles. The number of nitrogens with one attached hydrogen (secondary N) is 1. The number of hydrogen-bond donors (Lipinski definition) is 1. The largest absolute Gasteiger partial charge is 0.334 e. The zero-order valence-corrected chi connectivity index (χ0v) is 12.6. The standard InChI is InChI=1S/C17H26N2O/c1-3-14(2)19(13-15-9-5-4-6-10-15)17(20)16-11-7-8-12-18-16/h4-6,9-10,14,16,18H,3,7-8,11-13H2,1-2H3/t14?,16-/m0/s1. The highest BCUT2D eigenvalue weighted by Gasteiger charge is 2.28. The average Bonchev–Trinajstić information content (AvgIpc) is 2.53. The molecular weight excluding hydrogens is 248 g/mol. The quantitative estimate of drug-likeness (QED) is 0.895. The molecule has 110 valence electrons. The first-order valence-electron chi connectivity index (χ1n) is 7.80. The van der Waals surface area contributed by atoms with Gasteiger partial charge in [0.2, 0.25) is 5.91 Å². The van der Waals surface area contributed by atoms with Crippen molar-refractivity contribution >= 4 is 5.91 Å². The van der Waals surface area contributed by atoms with E-state index in [1.54, 1.807) is 0 Å². The summed E-state index contributed by atoms with van der Waals surface area (Å²) in [5.74, 6) is 0.267. The number of carbonyl (C=O) groups is 1. The molecule has 0 bridgehead atoms. The van der Waals surface area contributed by atoms with Crippen molar-refractivity contribution in [2.24, 2.45) is 0 Å². The predicted octanol–water partition coefficient (Wildman–Crippen LogP) is 2.96. The maximum absolute atomic E-state index is 12.8. The molecule has 20 heavy (non-hydrogen) atoms. The molecule has 1 saturated heterocycles. The molecule has 3 heteroatoms. The van der Waals surface area contributed by atoms with Gasteiger partial charge in [-0.1, -0.05) is 43.7 Å². The zero-order valence-electron chi connectivity index (χ0n) is 12.6. The third-order valence-corrected chi connectivity index (χ3v) is 4.21. The van der Waals surface area contributed by atoms with Crippen LogP contribution in [0.3, 0.4) is 0 Å². The maximum atomic E-state index is 12.8. The lowest BCUT2D eigenvalue weighted by Gasteiger charge is -2.34. The van der Waals surface area contributed by atoms with Crippen molar-refractivity contribution < 1.29 is 4.79 Å². The molecule has 1 aromatic carbocycles. The van der Waals surface area contributed by atoms with E-state index in [2.05, 4.69) is 31.3 Å². The Morgan fingerprint density at radius 3 is 2.70 bits per heavy atom. The van der Waals surface area contributed by atoms with Gasteiger partial charge in [0, 0.05) is 12.6 Å². The van der Waals surface area contributed by atoms with E-state index in [-0.39, 0.29) is 18.0 Å². The van der Waals surface area contributed by atoms with Gasteiger partial charge < -0.3 is 10.2 Å². The van der Waals surface area contributed by atoms with Gasteiger partial charge in [-0.3, -0.25) is 4.79 Å². The van der Waals surface area contributed by atoms with Crippen LogP contribution in [0, 0.1) is 0 Å². The molecule has 0 saturated carbocycles. The molecule has 0 aromatic heterocycles. The van der Waals surface area contributed by atoms with Crippen molar-refractivity contribution in [1.29, 1.82) is 0 Å². The first-order chi connectivity index (χ1) is 9.72. The van der Waals surface area contributed by atoms with Gasteiger partial charge in [-0.25, -0.2) is 0 Å². The normalized spacial score (nSPS) is 20.4. The molecule has 1 amide bonds. The molecule has 1 unspecified atom stereocenters. The Balaban J connectivity index is 2.08. The van der Waals surface area contributed by atoms with E-state index in [9.17, 15) is 4.79 Å². The third kappa shape index (κ3) is 3.83. The topological polar surface area (TPSA) is 32.3 Å². The van der Waals surface area contributed by atoms with Gasteiger partial charge >= 0.3 is 0 Å². The highest BCUT2D eigenvalue weighted by molar-refractivity contribution is 5.82. The van der Waals surface area contributed by atoms with Crippen LogP contribution in [0.15, 0.2) is 30.3 Å². The fraction of sp³-hybridized carbons (Fsp3) is 0.588. The number of nitrogens with zero attached hydrogens (tertiary/aromatic N) is 1. The maximum Gasteiger partial charge on any atom is 0.240 e. The first-order valence-corrected chi connectivity index (χ1v) is 7.80. The number of benzene rings is 1. The minimum atomic E-state index is 0.0152. The number of carbonyl (C=O) groups excluding carboxylic acids is 1. The lowest BCUT2D eigenvalue weighted by Crippen LogP contribution is -2.50. The molecule has 0 aliphatic carbocycles. The van der Waals surface area contributed by atoms with E-state index in [0.29, 0.717) is 6.54 Å². The molecule has 2 atom stereocenters. The molecule has 3 nitrogen and oxygen atoms in total.